The lowest BCUT2D eigenvalue weighted by molar-refractivity contribution is 0.281. The SMILES string of the molecule is C[C@H](CO)Nc1cc(NSc2ccc(Cl)cc2)nc(SCc2ccccc2)n1. The molecule has 0 amide bonds. The molecule has 1 aromatic heterocycles. The zero-order valence-electron chi connectivity index (χ0n) is 15.3. The van der Waals surface area contributed by atoms with Crippen LogP contribution in [0.2, 0.25) is 5.02 Å². The fourth-order valence-corrected chi connectivity index (χ4v) is 3.79. The van der Waals surface area contributed by atoms with Crippen molar-refractivity contribution < 1.29 is 5.11 Å². The van der Waals surface area contributed by atoms with Gasteiger partial charge < -0.3 is 15.1 Å². The molecule has 0 saturated heterocycles. The van der Waals surface area contributed by atoms with E-state index < -0.39 is 0 Å². The Balaban J connectivity index is 1.73. The fraction of sp³-hybridized carbons (Fsp3) is 0.200. The molecule has 0 unspecified atom stereocenters. The third-order valence-electron chi connectivity index (χ3n) is 3.67. The van der Waals surface area contributed by atoms with Crippen molar-refractivity contribution in [2.75, 3.05) is 16.6 Å². The number of benzene rings is 2. The number of aliphatic hydroxyl groups is 1. The van der Waals surface area contributed by atoms with E-state index in [-0.39, 0.29) is 12.6 Å². The van der Waals surface area contributed by atoms with Gasteiger partial charge in [-0.25, -0.2) is 9.97 Å². The highest BCUT2D eigenvalue weighted by atomic mass is 35.5. The first-order valence-electron chi connectivity index (χ1n) is 8.74. The van der Waals surface area contributed by atoms with Crippen LogP contribution in [0.15, 0.2) is 70.7 Å². The van der Waals surface area contributed by atoms with E-state index in [4.69, 9.17) is 11.6 Å². The van der Waals surface area contributed by atoms with Crippen LogP contribution in [0.1, 0.15) is 12.5 Å². The molecule has 0 bridgehead atoms. The number of rotatable bonds is 9. The van der Waals surface area contributed by atoms with Crippen molar-refractivity contribution in [2.45, 2.75) is 28.8 Å². The Morgan fingerprint density at radius 1 is 1.04 bits per heavy atom. The van der Waals surface area contributed by atoms with Crippen molar-refractivity contribution in [3.05, 3.63) is 71.2 Å². The normalized spacial score (nSPS) is 11.8. The lowest BCUT2D eigenvalue weighted by Gasteiger charge is -2.14. The third-order valence-corrected chi connectivity index (χ3v) is 5.66. The number of anilines is 2. The molecule has 1 atom stereocenters. The second-order valence-corrected chi connectivity index (χ2v) is 8.34. The number of aromatic nitrogens is 2. The first-order valence-corrected chi connectivity index (χ1v) is 10.9. The molecule has 0 aliphatic rings. The lowest BCUT2D eigenvalue weighted by atomic mass is 10.2. The average molecular weight is 433 g/mol. The van der Waals surface area contributed by atoms with Crippen molar-refractivity contribution >= 4 is 46.9 Å². The molecule has 0 aliphatic heterocycles. The molecule has 1 heterocycles. The Morgan fingerprint density at radius 3 is 2.46 bits per heavy atom. The zero-order chi connectivity index (χ0) is 19.8. The molecular formula is C20H21ClN4OS2. The van der Waals surface area contributed by atoms with Gasteiger partial charge >= 0.3 is 0 Å². The smallest absolute Gasteiger partial charge is 0.191 e. The summed E-state index contributed by atoms with van der Waals surface area (Å²) in [4.78, 5) is 10.2. The van der Waals surface area contributed by atoms with Crippen LogP contribution in [0.25, 0.3) is 0 Å². The Kier molecular flexibility index (Phi) is 7.85. The van der Waals surface area contributed by atoms with Crippen LogP contribution in [0.3, 0.4) is 0 Å². The number of hydrogen-bond acceptors (Lipinski definition) is 7. The van der Waals surface area contributed by atoms with E-state index in [9.17, 15) is 5.11 Å². The van der Waals surface area contributed by atoms with Crippen LogP contribution in [0.5, 0.6) is 0 Å². The average Bonchev–Trinajstić information content (AvgIpc) is 2.72. The Hall–Kier alpha value is -1.93. The molecule has 3 rings (SSSR count). The molecule has 146 valence electrons. The highest BCUT2D eigenvalue weighted by Crippen LogP contribution is 2.26. The Morgan fingerprint density at radius 2 is 1.75 bits per heavy atom. The van der Waals surface area contributed by atoms with Crippen molar-refractivity contribution in [1.82, 2.24) is 9.97 Å². The van der Waals surface area contributed by atoms with Crippen molar-refractivity contribution in [3.63, 3.8) is 0 Å². The van der Waals surface area contributed by atoms with Gasteiger partial charge in [-0.3, -0.25) is 0 Å². The summed E-state index contributed by atoms with van der Waals surface area (Å²) in [5, 5.41) is 13.9. The summed E-state index contributed by atoms with van der Waals surface area (Å²) in [5.41, 5.74) is 1.21. The van der Waals surface area contributed by atoms with Crippen molar-refractivity contribution in [3.8, 4) is 0 Å². The third kappa shape index (κ3) is 6.60. The highest BCUT2D eigenvalue weighted by molar-refractivity contribution is 8.00. The maximum atomic E-state index is 9.32. The van der Waals surface area contributed by atoms with Crippen LogP contribution in [-0.4, -0.2) is 27.7 Å². The predicted octanol–water partition coefficient (Wildman–Crippen LogP) is 5.33. The molecule has 0 saturated carbocycles. The first-order chi connectivity index (χ1) is 13.6. The molecule has 0 aliphatic carbocycles. The molecule has 3 N–H and O–H groups in total. The Labute approximate surface area is 178 Å². The largest absolute Gasteiger partial charge is 0.394 e. The minimum absolute atomic E-state index is 0.0266. The van der Waals surface area contributed by atoms with Crippen LogP contribution in [0, 0.1) is 0 Å². The minimum atomic E-state index is -0.0985. The molecule has 0 fully saturated rings. The molecule has 0 radical (unpaired) electrons. The molecule has 28 heavy (non-hydrogen) atoms. The number of aliphatic hydroxyl groups excluding tert-OH is 1. The van der Waals surface area contributed by atoms with Crippen LogP contribution < -0.4 is 10.0 Å². The number of nitrogens with zero attached hydrogens (tertiary/aromatic N) is 2. The molecule has 5 nitrogen and oxygen atoms in total. The maximum absolute atomic E-state index is 9.32. The summed E-state index contributed by atoms with van der Waals surface area (Å²) in [5.74, 6) is 2.15. The van der Waals surface area contributed by atoms with Crippen molar-refractivity contribution in [1.29, 1.82) is 0 Å². The summed E-state index contributed by atoms with van der Waals surface area (Å²) in [6.45, 7) is 1.92. The molecule has 2 aromatic carbocycles. The van der Waals surface area contributed by atoms with E-state index in [1.807, 2.05) is 55.5 Å². The quantitative estimate of drug-likeness (QED) is 0.239. The van der Waals surface area contributed by atoms with E-state index in [1.54, 1.807) is 11.8 Å². The van der Waals surface area contributed by atoms with E-state index in [0.717, 1.165) is 10.6 Å². The number of halogens is 1. The summed E-state index contributed by atoms with van der Waals surface area (Å²) in [7, 11) is 0. The van der Waals surface area contributed by atoms with Gasteiger partial charge in [-0.2, -0.15) is 0 Å². The maximum Gasteiger partial charge on any atom is 0.191 e. The van der Waals surface area contributed by atoms with Gasteiger partial charge in [0.2, 0.25) is 0 Å². The molecule has 3 aromatic rings. The fourth-order valence-electron chi connectivity index (χ4n) is 2.25. The second-order valence-electron chi connectivity index (χ2n) is 6.08. The first kappa shape index (κ1) is 20.8. The minimum Gasteiger partial charge on any atom is -0.394 e. The second kappa shape index (κ2) is 10.6. The van der Waals surface area contributed by atoms with E-state index >= 15 is 0 Å². The summed E-state index contributed by atoms with van der Waals surface area (Å²) < 4.78 is 3.26. The summed E-state index contributed by atoms with van der Waals surface area (Å²) in [6, 6.07) is 19.5. The Bertz CT molecular complexity index is 881. The predicted molar refractivity (Wildman–Crippen MR) is 119 cm³/mol. The van der Waals surface area contributed by atoms with Crippen LogP contribution in [-0.2, 0) is 5.75 Å². The number of nitrogens with one attached hydrogen (secondary N) is 2. The van der Waals surface area contributed by atoms with Gasteiger partial charge in [-0.05, 0) is 48.7 Å². The number of thioether (sulfide) groups is 1. The van der Waals surface area contributed by atoms with Crippen LogP contribution >= 0.6 is 35.3 Å². The van der Waals surface area contributed by atoms with Gasteiger partial charge in [-0.1, -0.05) is 53.7 Å². The van der Waals surface area contributed by atoms with Gasteiger partial charge in [0, 0.05) is 27.8 Å². The molecular weight excluding hydrogens is 412 g/mol. The standard InChI is InChI=1S/C20H21ClN4OS2/c1-14(12-26)22-18-11-19(25-28-17-9-7-16(21)8-10-17)24-20(23-18)27-13-15-5-3-2-4-6-15/h2-11,14,26H,12-13H2,1H3,(H2,22,23,24,25)/t14-/m1/s1. The van der Waals surface area contributed by atoms with Crippen LogP contribution in [0.4, 0.5) is 11.6 Å². The number of hydrogen-bond donors (Lipinski definition) is 3. The molecule has 8 heteroatoms. The zero-order valence-corrected chi connectivity index (χ0v) is 17.7. The van der Waals surface area contributed by atoms with E-state index in [0.29, 0.717) is 21.8 Å². The topological polar surface area (TPSA) is 70.1 Å². The van der Waals surface area contributed by atoms with Gasteiger partial charge in [-0.15, -0.1) is 0 Å². The van der Waals surface area contributed by atoms with Gasteiger partial charge in [0.05, 0.1) is 6.61 Å². The van der Waals surface area contributed by atoms with E-state index in [2.05, 4.69) is 32.1 Å². The monoisotopic (exact) mass is 432 g/mol. The lowest BCUT2D eigenvalue weighted by Crippen LogP contribution is -2.20. The van der Waals surface area contributed by atoms with Gasteiger partial charge in [0.15, 0.2) is 5.16 Å². The summed E-state index contributed by atoms with van der Waals surface area (Å²) >= 11 is 8.96. The van der Waals surface area contributed by atoms with Gasteiger partial charge in [0.25, 0.3) is 0 Å². The van der Waals surface area contributed by atoms with E-state index in [1.165, 1.54) is 17.5 Å². The summed E-state index contributed by atoms with van der Waals surface area (Å²) in [6.07, 6.45) is 0. The highest BCUT2D eigenvalue weighted by Gasteiger charge is 2.09. The van der Waals surface area contributed by atoms with Gasteiger partial charge in [0.1, 0.15) is 11.6 Å². The van der Waals surface area contributed by atoms with Crippen molar-refractivity contribution in [2.24, 2.45) is 0 Å². The molecule has 0 spiro atoms.